The zero-order valence-electron chi connectivity index (χ0n) is 10.4. The van der Waals surface area contributed by atoms with Gasteiger partial charge in [-0.2, -0.15) is 0 Å². The van der Waals surface area contributed by atoms with Crippen molar-refractivity contribution < 1.29 is 14.4 Å². The van der Waals surface area contributed by atoms with Crippen molar-refractivity contribution in [2.75, 3.05) is 19.6 Å². The summed E-state index contributed by atoms with van der Waals surface area (Å²) in [4.78, 5) is 36.0. The second kappa shape index (κ2) is 5.84. The lowest BCUT2D eigenvalue weighted by Crippen LogP contribution is -2.45. The number of hydrogen-bond donors (Lipinski definition) is 2. The molecule has 0 saturated carbocycles. The molecule has 2 rings (SSSR count). The molecular weight excluding hydrogens is 234 g/mol. The maximum absolute atomic E-state index is 11.7. The third-order valence-electron chi connectivity index (χ3n) is 3.41. The van der Waals surface area contributed by atoms with Gasteiger partial charge in [0.05, 0.1) is 0 Å². The zero-order valence-corrected chi connectivity index (χ0v) is 10.4. The maximum Gasteiger partial charge on any atom is 0.242 e. The lowest BCUT2D eigenvalue weighted by Gasteiger charge is -2.26. The summed E-state index contributed by atoms with van der Waals surface area (Å²) >= 11 is 0. The fourth-order valence-electron chi connectivity index (χ4n) is 2.35. The van der Waals surface area contributed by atoms with Crippen LogP contribution in [-0.4, -0.2) is 48.3 Å². The van der Waals surface area contributed by atoms with Crippen molar-refractivity contribution in [3.05, 3.63) is 0 Å². The average molecular weight is 253 g/mol. The predicted octanol–water partition coefficient (Wildman–Crippen LogP) is -0.606. The highest BCUT2D eigenvalue weighted by molar-refractivity contribution is 5.90. The molecule has 18 heavy (non-hydrogen) atoms. The van der Waals surface area contributed by atoms with Gasteiger partial charge in [-0.15, -0.1) is 0 Å². The highest BCUT2D eigenvalue weighted by atomic mass is 16.2. The summed E-state index contributed by atoms with van der Waals surface area (Å²) in [5, 5.41) is 5.38. The van der Waals surface area contributed by atoms with Gasteiger partial charge in [-0.25, -0.2) is 0 Å². The van der Waals surface area contributed by atoms with Gasteiger partial charge in [-0.1, -0.05) is 0 Å². The van der Waals surface area contributed by atoms with Gasteiger partial charge in [0, 0.05) is 32.5 Å². The third-order valence-corrected chi connectivity index (χ3v) is 3.41. The van der Waals surface area contributed by atoms with Gasteiger partial charge >= 0.3 is 0 Å². The Labute approximate surface area is 106 Å². The Bertz CT molecular complexity index is 356. The van der Waals surface area contributed by atoms with Crippen molar-refractivity contribution in [2.24, 2.45) is 0 Å². The Kier molecular flexibility index (Phi) is 4.17. The molecule has 2 N–H and O–H groups in total. The highest BCUT2D eigenvalue weighted by Crippen LogP contribution is 2.09. The molecule has 0 aliphatic carbocycles. The molecule has 6 heteroatoms. The van der Waals surface area contributed by atoms with E-state index in [9.17, 15) is 14.4 Å². The van der Waals surface area contributed by atoms with E-state index in [1.807, 2.05) is 0 Å². The number of amides is 3. The molecule has 0 radical (unpaired) electrons. The lowest BCUT2D eigenvalue weighted by molar-refractivity contribution is -0.133. The van der Waals surface area contributed by atoms with Gasteiger partial charge in [0.25, 0.3) is 0 Å². The van der Waals surface area contributed by atoms with Crippen molar-refractivity contribution in [3.63, 3.8) is 0 Å². The van der Waals surface area contributed by atoms with Crippen LogP contribution < -0.4 is 10.6 Å². The molecule has 0 spiro atoms. The zero-order chi connectivity index (χ0) is 13.0. The van der Waals surface area contributed by atoms with Crippen LogP contribution in [0.3, 0.4) is 0 Å². The first-order valence-corrected chi connectivity index (χ1v) is 6.51. The summed E-state index contributed by atoms with van der Waals surface area (Å²) in [6, 6.07) is -0.394. The van der Waals surface area contributed by atoms with Crippen LogP contribution in [0.25, 0.3) is 0 Å². The molecule has 2 heterocycles. The Balaban J connectivity index is 1.67. The molecule has 2 saturated heterocycles. The fourth-order valence-corrected chi connectivity index (χ4v) is 2.35. The largest absolute Gasteiger partial charge is 0.353 e. The van der Waals surface area contributed by atoms with Crippen molar-refractivity contribution >= 4 is 17.7 Å². The number of carbonyl (C=O) groups excluding carboxylic acids is 3. The van der Waals surface area contributed by atoms with Crippen molar-refractivity contribution in [3.8, 4) is 0 Å². The topological polar surface area (TPSA) is 78.5 Å². The molecule has 3 amide bonds. The van der Waals surface area contributed by atoms with E-state index < -0.39 is 6.04 Å². The first kappa shape index (κ1) is 12.9. The predicted molar refractivity (Wildman–Crippen MR) is 64.6 cm³/mol. The van der Waals surface area contributed by atoms with E-state index in [0.29, 0.717) is 32.4 Å². The summed E-state index contributed by atoms with van der Waals surface area (Å²) in [5.41, 5.74) is 0. The van der Waals surface area contributed by atoms with Gasteiger partial charge in [0.15, 0.2) is 0 Å². The summed E-state index contributed by atoms with van der Waals surface area (Å²) < 4.78 is 0. The molecule has 0 aromatic rings. The van der Waals surface area contributed by atoms with Gasteiger partial charge in [0.1, 0.15) is 6.04 Å². The fraction of sp³-hybridized carbons (Fsp3) is 0.750. The number of nitrogens with zero attached hydrogens (tertiary/aromatic N) is 1. The van der Waals surface area contributed by atoms with Gasteiger partial charge in [-0.05, 0) is 19.3 Å². The molecule has 2 aliphatic rings. The molecule has 100 valence electrons. The first-order valence-electron chi connectivity index (χ1n) is 6.51. The summed E-state index contributed by atoms with van der Waals surface area (Å²) in [6.45, 7) is 1.80. The van der Waals surface area contributed by atoms with E-state index in [-0.39, 0.29) is 17.7 Å². The van der Waals surface area contributed by atoms with Crippen LogP contribution in [0, 0.1) is 0 Å². The van der Waals surface area contributed by atoms with Gasteiger partial charge in [0.2, 0.25) is 17.7 Å². The number of carbonyl (C=O) groups is 3. The Hall–Kier alpha value is -1.59. The minimum Gasteiger partial charge on any atom is -0.353 e. The van der Waals surface area contributed by atoms with Gasteiger partial charge < -0.3 is 15.5 Å². The van der Waals surface area contributed by atoms with Gasteiger partial charge in [-0.3, -0.25) is 14.4 Å². The summed E-state index contributed by atoms with van der Waals surface area (Å²) in [5.74, 6) is -0.0451. The van der Waals surface area contributed by atoms with E-state index in [1.165, 1.54) is 0 Å². The van der Waals surface area contributed by atoms with Crippen LogP contribution in [0.2, 0.25) is 0 Å². The molecule has 1 unspecified atom stereocenters. The molecule has 1 atom stereocenters. The molecule has 0 bridgehead atoms. The van der Waals surface area contributed by atoms with Crippen molar-refractivity contribution in [1.29, 1.82) is 0 Å². The Morgan fingerprint density at radius 3 is 2.83 bits per heavy atom. The SMILES string of the molecule is O=C1CCC(C(=O)NCCN2CCCCC2=O)N1. The number of piperidine rings is 1. The van der Waals surface area contributed by atoms with E-state index in [2.05, 4.69) is 10.6 Å². The third kappa shape index (κ3) is 3.21. The van der Waals surface area contributed by atoms with Crippen molar-refractivity contribution in [2.45, 2.75) is 38.1 Å². The lowest BCUT2D eigenvalue weighted by atomic mass is 10.1. The number of nitrogens with one attached hydrogen (secondary N) is 2. The summed E-state index contributed by atoms with van der Waals surface area (Å²) in [6.07, 6.45) is 3.61. The maximum atomic E-state index is 11.7. The minimum absolute atomic E-state index is 0.0682. The van der Waals surface area contributed by atoms with Crippen LogP contribution >= 0.6 is 0 Å². The molecule has 2 aliphatic heterocycles. The first-order chi connectivity index (χ1) is 8.66. The van der Waals surface area contributed by atoms with E-state index in [0.717, 1.165) is 19.4 Å². The highest BCUT2D eigenvalue weighted by Gasteiger charge is 2.27. The average Bonchev–Trinajstić information content (AvgIpc) is 2.78. The number of hydrogen-bond acceptors (Lipinski definition) is 3. The summed E-state index contributed by atoms with van der Waals surface area (Å²) in [7, 11) is 0. The monoisotopic (exact) mass is 253 g/mol. The molecule has 0 aromatic heterocycles. The normalized spacial score (nSPS) is 24.0. The molecule has 2 fully saturated rings. The van der Waals surface area contributed by atoms with Crippen LogP contribution in [0.15, 0.2) is 0 Å². The minimum atomic E-state index is -0.394. The Morgan fingerprint density at radius 1 is 1.33 bits per heavy atom. The standard InChI is InChI=1S/C12H19N3O3/c16-10-5-4-9(14-10)12(18)13-6-8-15-7-2-1-3-11(15)17/h9H,1-8H2,(H,13,18)(H,14,16). The second-order valence-electron chi connectivity index (χ2n) is 4.79. The van der Waals surface area contributed by atoms with E-state index in [1.54, 1.807) is 4.90 Å². The van der Waals surface area contributed by atoms with E-state index in [4.69, 9.17) is 0 Å². The van der Waals surface area contributed by atoms with Crippen LogP contribution in [0.1, 0.15) is 32.1 Å². The Morgan fingerprint density at radius 2 is 2.17 bits per heavy atom. The van der Waals surface area contributed by atoms with E-state index >= 15 is 0 Å². The smallest absolute Gasteiger partial charge is 0.242 e. The van der Waals surface area contributed by atoms with Crippen molar-refractivity contribution in [1.82, 2.24) is 15.5 Å². The second-order valence-corrected chi connectivity index (χ2v) is 4.79. The number of likely N-dealkylation sites (tertiary alicyclic amines) is 1. The van der Waals surface area contributed by atoms with Crippen LogP contribution in [-0.2, 0) is 14.4 Å². The molecule has 6 nitrogen and oxygen atoms in total. The van der Waals surface area contributed by atoms with Crippen LogP contribution in [0.4, 0.5) is 0 Å². The quantitative estimate of drug-likeness (QED) is 0.702. The molecule has 0 aromatic carbocycles. The number of rotatable bonds is 4. The van der Waals surface area contributed by atoms with Crippen LogP contribution in [0.5, 0.6) is 0 Å². The molecular formula is C12H19N3O3.